The molecule has 1 aliphatic rings. The molecule has 2 heterocycles. The zero-order valence-electron chi connectivity index (χ0n) is 13.5. The maximum absolute atomic E-state index is 12.3. The molecule has 122 valence electrons. The van der Waals surface area contributed by atoms with Crippen molar-refractivity contribution >= 4 is 5.91 Å². The zero-order valence-corrected chi connectivity index (χ0v) is 13.5. The maximum atomic E-state index is 12.3. The summed E-state index contributed by atoms with van der Waals surface area (Å²) in [5.74, 6) is -0.0633. The highest BCUT2D eigenvalue weighted by molar-refractivity contribution is 5.93. The number of hydrogen-bond acceptors (Lipinski definition) is 3. The monoisotopic (exact) mass is 314 g/mol. The van der Waals surface area contributed by atoms with Crippen LogP contribution in [0.1, 0.15) is 41.9 Å². The molecule has 1 aliphatic carbocycles. The van der Waals surface area contributed by atoms with Crippen molar-refractivity contribution in [2.45, 2.75) is 39.3 Å². The number of carbonyl (C=O) groups excluding carboxylic acids is 1. The summed E-state index contributed by atoms with van der Waals surface area (Å²) in [7, 11) is 0. The van der Waals surface area contributed by atoms with Crippen LogP contribution in [0.2, 0.25) is 0 Å². The fourth-order valence-corrected chi connectivity index (χ4v) is 2.72. The number of pyridine rings is 1. The van der Waals surface area contributed by atoms with E-state index in [1.807, 2.05) is 35.4 Å². The van der Waals surface area contributed by atoms with Gasteiger partial charge in [0, 0.05) is 49.5 Å². The molecule has 3 rings (SSSR count). The fourth-order valence-electron chi connectivity index (χ4n) is 2.72. The summed E-state index contributed by atoms with van der Waals surface area (Å²) >= 11 is 0. The predicted molar refractivity (Wildman–Crippen MR) is 87.4 cm³/mol. The number of rotatable bonds is 6. The first kappa shape index (κ1) is 15.5. The van der Waals surface area contributed by atoms with E-state index in [2.05, 4.69) is 10.4 Å². The Balaban J connectivity index is 1.64. The third-order valence-corrected chi connectivity index (χ3v) is 4.13. The van der Waals surface area contributed by atoms with Gasteiger partial charge in [-0.25, -0.2) is 0 Å². The summed E-state index contributed by atoms with van der Waals surface area (Å²) in [4.78, 5) is 24.4. The highest BCUT2D eigenvalue weighted by Crippen LogP contribution is 2.35. The standard InChI is InChI=1S/C17H22N4O2/c1-12(10-20-7-3-6-19-20)9-18-17(23)15-11-21(14-4-5-14)13(2)8-16(15)22/h3,6-8,11-12,14H,4-5,9-10H2,1-2H3,(H,18,23). The van der Waals surface area contributed by atoms with E-state index < -0.39 is 0 Å². The van der Waals surface area contributed by atoms with Crippen molar-refractivity contribution in [1.82, 2.24) is 19.7 Å². The Labute approximate surface area is 135 Å². The first-order valence-electron chi connectivity index (χ1n) is 8.03. The molecule has 1 amide bonds. The lowest BCUT2D eigenvalue weighted by Gasteiger charge is -2.14. The first-order valence-corrected chi connectivity index (χ1v) is 8.03. The van der Waals surface area contributed by atoms with Crippen molar-refractivity contribution < 1.29 is 4.79 Å². The summed E-state index contributed by atoms with van der Waals surface area (Å²) in [5.41, 5.74) is 0.937. The van der Waals surface area contributed by atoms with Gasteiger partial charge in [-0.3, -0.25) is 14.3 Å². The van der Waals surface area contributed by atoms with Crippen molar-refractivity contribution in [2.24, 2.45) is 5.92 Å². The van der Waals surface area contributed by atoms with Crippen LogP contribution in [0.25, 0.3) is 0 Å². The van der Waals surface area contributed by atoms with Gasteiger partial charge >= 0.3 is 0 Å². The predicted octanol–water partition coefficient (Wildman–Crippen LogP) is 1.75. The minimum atomic E-state index is -0.295. The largest absolute Gasteiger partial charge is 0.352 e. The zero-order chi connectivity index (χ0) is 16.4. The third kappa shape index (κ3) is 3.70. The Morgan fingerprint density at radius 2 is 2.26 bits per heavy atom. The normalized spacial score (nSPS) is 15.4. The maximum Gasteiger partial charge on any atom is 0.256 e. The average Bonchev–Trinajstić information content (AvgIpc) is 3.22. The van der Waals surface area contributed by atoms with Crippen LogP contribution in [0.4, 0.5) is 0 Å². The van der Waals surface area contributed by atoms with Crippen molar-refractivity contribution in [3.05, 3.63) is 52.2 Å². The van der Waals surface area contributed by atoms with Crippen LogP contribution in [0.15, 0.2) is 35.5 Å². The molecule has 6 nitrogen and oxygen atoms in total. The second kappa shape index (κ2) is 6.40. The summed E-state index contributed by atoms with van der Waals surface area (Å²) in [6.45, 7) is 5.19. The van der Waals surface area contributed by atoms with Gasteiger partial charge in [-0.2, -0.15) is 5.10 Å². The summed E-state index contributed by atoms with van der Waals surface area (Å²) in [5, 5.41) is 7.02. The lowest BCUT2D eigenvalue weighted by atomic mass is 10.1. The van der Waals surface area contributed by atoms with Crippen LogP contribution in [-0.2, 0) is 6.54 Å². The van der Waals surface area contributed by atoms with E-state index in [1.54, 1.807) is 18.5 Å². The van der Waals surface area contributed by atoms with Crippen molar-refractivity contribution in [3.63, 3.8) is 0 Å². The van der Waals surface area contributed by atoms with Crippen LogP contribution < -0.4 is 10.7 Å². The van der Waals surface area contributed by atoms with Gasteiger partial charge < -0.3 is 9.88 Å². The molecule has 0 saturated heterocycles. The second-order valence-corrected chi connectivity index (χ2v) is 6.37. The molecule has 1 saturated carbocycles. The number of carbonyl (C=O) groups is 1. The molecule has 0 aromatic carbocycles. The molecule has 1 N–H and O–H groups in total. The number of aromatic nitrogens is 3. The molecular weight excluding hydrogens is 292 g/mol. The van der Waals surface area contributed by atoms with Gasteiger partial charge in [-0.15, -0.1) is 0 Å². The minimum Gasteiger partial charge on any atom is -0.352 e. The van der Waals surface area contributed by atoms with Gasteiger partial charge in [0.25, 0.3) is 5.91 Å². The summed E-state index contributed by atoms with van der Waals surface area (Å²) in [6.07, 6.45) is 7.57. The van der Waals surface area contributed by atoms with Gasteiger partial charge in [0.2, 0.25) is 0 Å². The lowest BCUT2D eigenvalue weighted by molar-refractivity contribution is 0.0944. The molecule has 1 fully saturated rings. The van der Waals surface area contributed by atoms with E-state index in [4.69, 9.17) is 0 Å². The van der Waals surface area contributed by atoms with E-state index in [-0.39, 0.29) is 22.8 Å². The molecule has 0 spiro atoms. The van der Waals surface area contributed by atoms with E-state index in [0.29, 0.717) is 12.6 Å². The van der Waals surface area contributed by atoms with E-state index in [1.165, 1.54) is 0 Å². The molecule has 23 heavy (non-hydrogen) atoms. The smallest absolute Gasteiger partial charge is 0.256 e. The topological polar surface area (TPSA) is 68.9 Å². The number of hydrogen-bond donors (Lipinski definition) is 1. The van der Waals surface area contributed by atoms with Crippen LogP contribution in [0.3, 0.4) is 0 Å². The van der Waals surface area contributed by atoms with Crippen molar-refractivity contribution in [3.8, 4) is 0 Å². The van der Waals surface area contributed by atoms with Gasteiger partial charge in [0.1, 0.15) is 5.56 Å². The number of aryl methyl sites for hydroxylation is 1. The Morgan fingerprint density at radius 3 is 2.91 bits per heavy atom. The van der Waals surface area contributed by atoms with Crippen LogP contribution in [-0.4, -0.2) is 26.8 Å². The van der Waals surface area contributed by atoms with Gasteiger partial charge in [0.15, 0.2) is 5.43 Å². The second-order valence-electron chi connectivity index (χ2n) is 6.37. The van der Waals surface area contributed by atoms with Crippen molar-refractivity contribution in [1.29, 1.82) is 0 Å². The molecule has 0 bridgehead atoms. The Hall–Kier alpha value is -2.37. The summed E-state index contributed by atoms with van der Waals surface area (Å²) in [6, 6.07) is 3.87. The molecule has 0 aliphatic heterocycles. The quantitative estimate of drug-likeness (QED) is 0.883. The van der Waals surface area contributed by atoms with Gasteiger partial charge in [-0.05, 0) is 31.7 Å². The molecule has 2 aromatic heterocycles. The van der Waals surface area contributed by atoms with Crippen LogP contribution in [0, 0.1) is 12.8 Å². The van der Waals surface area contributed by atoms with E-state index in [0.717, 1.165) is 25.1 Å². The van der Waals surface area contributed by atoms with Crippen molar-refractivity contribution in [2.75, 3.05) is 6.54 Å². The van der Waals surface area contributed by atoms with Crippen LogP contribution >= 0.6 is 0 Å². The fraction of sp³-hybridized carbons (Fsp3) is 0.471. The Kier molecular flexibility index (Phi) is 4.32. The Morgan fingerprint density at radius 1 is 1.48 bits per heavy atom. The number of nitrogens with zero attached hydrogens (tertiary/aromatic N) is 3. The molecule has 1 atom stereocenters. The molecule has 0 radical (unpaired) electrons. The van der Waals surface area contributed by atoms with E-state index in [9.17, 15) is 9.59 Å². The molecule has 6 heteroatoms. The Bertz CT molecular complexity index is 744. The highest BCUT2D eigenvalue weighted by atomic mass is 16.2. The summed E-state index contributed by atoms with van der Waals surface area (Å²) < 4.78 is 3.88. The average molecular weight is 314 g/mol. The molecule has 2 aromatic rings. The van der Waals surface area contributed by atoms with Crippen LogP contribution in [0.5, 0.6) is 0 Å². The molecular formula is C17H22N4O2. The first-order chi connectivity index (χ1) is 11.0. The SMILES string of the molecule is Cc1cc(=O)c(C(=O)NCC(C)Cn2cccn2)cn1C1CC1. The lowest BCUT2D eigenvalue weighted by Crippen LogP contribution is -2.33. The third-order valence-electron chi connectivity index (χ3n) is 4.13. The number of nitrogens with one attached hydrogen (secondary N) is 1. The number of amides is 1. The van der Waals surface area contributed by atoms with Gasteiger partial charge in [-0.1, -0.05) is 6.92 Å². The molecule has 1 unspecified atom stereocenters. The minimum absolute atomic E-state index is 0.211. The highest BCUT2D eigenvalue weighted by Gasteiger charge is 2.25. The van der Waals surface area contributed by atoms with E-state index >= 15 is 0 Å². The van der Waals surface area contributed by atoms with Gasteiger partial charge in [0.05, 0.1) is 0 Å².